The van der Waals surface area contributed by atoms with Gasteiger partial charge in [0.25, 0.3) is 0 Å². The van der Waals surface area contributed by atoms with Gasteiger partial charge in [-0.15, -0.1) is 0 Å². The van der Waals surface area contributed by atoms with E-state index in [9.17, 15) is 0 Å². The number of likely N-dealkylation sites (tertiary alicyclic amines) is 1. The lowest BCUT2D eigenvalue weighted by atomic mass is 9.65. The summed E-state index contributed by atoms with van der Waals surface area (Å²) in [4.78, 5) is 6.99. The molecular weight excluding hydrogens is 322 g/mol. The summed E-state index contributed by atoms with van der Waals surface area (Å²) < 4.78 is 5.96. The molecule has 2 saturated carbocycles. The maximum atomic E-state index is 5.96. The van der Waals surface area contributed by atoms with E-state index >= 15 is 0 Å². The Kier molecular flexibility index (Phi) is 5.49. The Morgan fingerprint density at radius 1 is 1.23 bits per heavy atom. The second-order valence-corrected chi connectivity index (χ2v) is 8.49. The van der Waals surface area contributed by atoms with Gasteiger partial charge in [0.1, 0.15) is 0 Å². The Balaban J connectivity index is 1.20. The molecule has 0 aromatic heterocycles. The first kappa shape index (κ1) is 17.8. The molecule has 0 radical (unpaired) electrons. The van der Waals surface area contributed by atoms with E-state index in [0.717, 1.165) is 38.1 Å². The quantitative estimate of drug-likeness (QED) is 0.599. The van der Waals surface area contributed by atoms with Crippen LogP contribution in [0.3, 0.4) is 0 Å². The Hall–Kier alpha value is -1.55. The van der Waals surface area contributed by atoms with E-state index in [1.54, 1.807) is 0 Å². The molecule has 0 amide bonds. The monoisotopic (exact) mass is 355 g/mol. The number of nitrogens with zero attached hydrogens (tertiary/aromatic N) is 2. The lowest BCUT2D eigenvalue weighted by molar-refractivity contribution is 0.0902. The number of aliphatic imine (C=N–C) groups is 1. The van der Waals surface area contributed by atoms with Crippen molar-refractivity contribution in [1.29, 1.82) is 0 Å². The number of rotatable bonds is 7. The highest BCUT2D eigenvalue weighted by Gasteiger charge is 2.49. The standard InChI is InChI=1S/C22H33N3O/c1-23-21(24-17-22(11-5-12-22)20-8-9-20)25-13-10-19(14-25)16-26-15-18-6-3-2-4-7-18/h2-4,6-7,19-20H,5,8-17H2,1H3,(H,23,24). The molecule has 0 bridgehead atoms. The highest BCUT2D eigenvalue weighted by atomic mass is 16.5. The van der Waals surface area contributed by atoms with Crippen LogP contribution in [0.2, 0.25) is 0 Å². The van der Waals surface area contributed by atoms with Gasteiger partial charge in [0.2, 0.25) is 0 Å². The lowest BCUT2D eigenvalue weighted by Crippen LogP contribution is -2.48. The van der Waals surface area contributed by atoms with Gasteiger partial charge >= 0.3 is 0 Å². The third-order valence-corrected chi connectivity index (χ3v) is 6.65. The van der Waals surface area contributed by atoms with Crippen LogP contribution in [0.5, 0.6) is 0 Å². The maximum absolute atomic E-state index is 5.96. The van der Waals surface area contributed by atoms with Crippen LogP contribution in [0.15, 0.2) is 35.3 Å². The smallest absolute Gasteiger partial charge is 0.193 e. The molecule has 1 unspecified atom stereocenters. The van der Waals surface area contributed by atoms with Gasteiger partial charge in [-0.1, -0.05) is 36.8 Å². The first-order chi connectivity index (χ1) is 12.8. The topological polar surface area (TPSA) is 36.9 Å². The lowest BCUT2D eigenvalue weighted by Gasteiger charge is -2.43. The second-order valence-electron chi connectivity index (χ2n) is 8.49. The summed E-state index contributed by atoms with van der Waals surface area (Å²) in [5, 5.41) is 3.71. The Bertz CT molecular complexity index is 607. The second kappa shape index (κ2) is 7.99. The number of hydrogen-bond acceptors (Lipinski definition) is 2. The zero-order valence-electron chi connectivity index (χ0n) is 16.1. The van der Waals surface area contributed by atoms with Crippen LogP contribution < -0.4 is 5.32 Å². The summed E-state index contributed by atoms with van der Waals surface area (Å²) >= 11 is 0. The molecule has 1 aromatic carbocycles. The zero-order chi connectivity index (χ0) is 17.8. The van der Waals surface area contributed by atoms with Gasteiger partial charge in [0.05, 0.1) is 13.2 Å². The predicted octanol–water partition coefficient (Wildman–Crippen LogP) is 3.68. The Morgan fingerprint density at radius 2 is 2.04 bits per heavy atom. The minimum Gasteiger partial charge on any atom is -0.376 e. The van der Waals surface area contributed by atoms with E-state index in [0.29, 0.717) is 17.9 Å². The van der Waals surface area contributed by atoms with Crippen molar-refractivity contribution in [2.45, 2.75) is 45.1 Å². The average molecular weight is 356 g/mol. The van der Waals surface area contributed by atoms with E-state index in [4.69, 9.17) is 4.74 Å². The van der Waals surface area contributed by atoms with Crippen LogP contribution in [0.25, 0.3) is 0 Å². The summed E-state index contributed by atoms with van der Waals surface area (Å²) in [5.41, 5.74) is 1.85. The van der Waals surface area contributed by atoms with Gasteiger partial charge in [-0.2, -0.15) is 0 Å². The zero-order valence-corrected chi connectivity index (χ0v) is 16.1. The normalized spacial score (nSPS) is 25.2. The number of nitrogens with one attached hydrogen (secondary N) is 1. The van der Waals surface area contributed by atoms with E-state index in [1.807, 2.05) is 13.1 Å². The first-order valence-corrected chi connectivity index (χ1v) is 10.4. The van der Waals surface area contributed by atoms with Gasteiger partial charge in [-0.05, 0) is 49.0 Å². The largest absolute Gasteiger partial charge is 0.376 e. The Labute approximate surface area is 158 Å². The number of hydrogen-bond donors (Lipinski definition) is 1. The van der Waals surface area contributed by atoms with Crippen LogP contribution in [0.1, 0.15) is 44.1 Å². The molecule has 4 rings (SSSR count). The van der Waals surface area contributed by atoms with Gasteiger partial charge in [-0.25, -0.2) is 0 Å². The highest BCUT2D eigenvalue weighted by molar-refractivity contribution is 5.80. The van der Waals surface area contributed by atoms with E-state index in [1.165, 1.54) is 44.1 Å². The first-order valence-electron chi connectivity index (χ1n) is 10.4. The van der Waals surface area contributed by atoms with Crippen molar-refractivity contribution in [2.24, 2.45) is 22.2 Å². The fraction of sp³-hybridized carbons (Fsp3) is 0.682. The van der Waals surface area contributed by atoms with Crippen molar-refractivity contribution in [3.63, 3.8) is 0 Å². The minimum atomic E-state index is 0.591. The number of benzene rings is 1. The number of ether oxygens (including phenoxy) is 1. The fourth-order valence-electron chi connectivity index (χ4n) is 4.72. The summed E-state index contributed by atoms with van der Waals surface area (Å²) in [6.45, 7) is 4.83. The molecule has 3 fully saturated rings. The highest BCUT2D eigenvalue weighted by Crippen LogP contribution is 2.56. The van der Waals surface area contributed by atoms with Crippen molar-refractivity contribution < 1.29 is 4.74 Å². The minimum absolute atomic E-state index is 0.591. The van der Waals surface area contributed by atoms with Gasteiger partial charge in [-0.3, -0.25) is 4.99 Å². The molecule has 142 valence electrons. The average Bonchev–Trinajstić information content (AvgIpc) is 3.38. The molecule has 1 aliphatic heterocycles. The summed E-state index contributed by atoms with van der Waals surface area (Å²) in [7, 11) is 1.92. The van der Waals surface area contributed by atoms with Gasteiger partial charge in [0.15, 0.2) is 5.96 Å². The number of guanidine groups is 1. The molecule has 1 atom stereocenters. The summed E-state index contributed by atoms with van der Waals surface area (Å²) in [6, 6.07) is 10.4. The van der Waals surface area contributed by atoms with E-state index < -0.39 is 0 Å². The van der Waals surface area contributed by atoms with Crippen LogP contribution in [0.4, 0.5) is 0 Å². The molecule has 4 heteroatoms. The van der Waals surface area contributed by atoms with Crippen LogP contribution >= 0.6 is 0 Å². The van der Waals surface area contributed by atoms with Crippen molar-refractivity contribution in [3.05, 3.63) is 35.9 Å². The fourth-order valence-corrected chi connectivity index (χ4v) is 4.72. The molecular formula is C22H33N3O. The molecule has 1 aromatic rings. The van der Waals surface area contributed by atoms with Crippen molar-refractivity contribution in [1.82, 2.24) is 10.2 Å². The SMILES string of the molecule is CN=C(NCC1(C2CC2)CCC1)N1CCC(COCc2ccccc2)C1. The summed E-state index contributed by atoms with van der Waals surface area (Å²) in [6.07, 6.45) is 8.34. The van der Waals surface area contributed by atoms with Crippen molar-refractivity contribution >= 4 is 5.96 Å². The molecule has 26 heavy (non-hydrogen) atoms. The molecule has 0 spiro atoms. The summed E-state index contributed by atoms with van der Waals surface area (Å²) in [5.74, 6) is 2.69. The molecule has 2 aliphatic carbocycles. The van der Waals surface area contributed by atoms with Gasteiger partial charge in [0, 0.05) is 32.6 Å². The van der Waals surface area contributed by atoms with Crippen molar-refractivity contribution in [2.75, 3.05) is 33.3 Å². The van der Waals surface area contributed by atoms with Gasteiger partial charge < -0.3 is 15.0 Å². The molecule has 3 aliphatic rings. The van der Waals surface area contributed by atoms with Crippen LogP contribution in [-0.4, -0.2) is 44.1 Å². The van der Waals surface area contributed by atoms with Crippen LogP contribution in [-0.2, 0) is 11.3 Å². The van der Waals surface area contributed by atoms with Crippen LogP contribution in [0, 0.1) is 17.3 Å². The predicted molar refractivity (Wildman–Crippen MR) is 106 cm³/mol. The Morgan fingerprint density at radius 3 is 2.69 bits per heavy atom. The van der Waals surface area contributed by atoms with E-state index in [2.05, 4.69) is 39.5 Å². The third kappa shape index (κ3) is 4.06. The van der Waals surface area contributed by atoms with Crippen molar-refractivity contribution in [3.8, 4) is 0 Å². The molecule has 1 N–H and O–H groups in total. The maximum Gasteiger partial charge on any atom is 0.193 e. The third-order valence-electron chi connectivity index (χ3n) is 6.65. The molecule has 1 saturated heterocycles. The molecule has 1 heterocycles. The molecule has 4 nitrogen and oxygen atoms in total. The van der Waals surface area contributed by atoms with E-state index in [-0.39, 0.29) is 0 Å².